The Hall–Kier alpha value is -0.550. The van der Waals surface area contributed by atoms with Crippen LogP contribution in [0, 0.1) is 6.92 Å². The average molecular weight is 202 g/mol. The molecule has 13 heavy (non-hydrogen) atoms. The normalized spacial score (nSPS) is 13.2. The second-order valence-electron chi connectivity index (χ2n) is 2.79. The topological polar surface area (TPSA) is 48.2 Å². The number of nitrogens with zero attached hydrogens (tertiary/aromatic N) is 2. The van der Waals surface area contributed by atoms with Crippen LogP contribution >= 0.6 is 11.8 Å². The second kappa shape index (κ2) is 5.24. The molecule has 0 aromatic carbocycles. The molecule has 4 nitrogen and oxygen atoms in total. The maximum atomic E-state index is 5.23. The van der Waals surface area contributed by atoms with Crippen LogP contribution in [-0.2, 0) is 10.5 Å². The quantitative estimate of drug-likeness (QED) is 0.726. The van der Waals surface area contributed by atoms with Gasteiger partial charge in [0.25, 0.3) is 0 Å². The minimum atomic E-state index is 0.456. The van der Waals surface area contributed by atoms with Gasteiger partial charge in [-0.25, -0.2) is 0 Å². The Morgan fingerprint density at radius 1 is 1.54 bits per heavy atom. The fraction of sp³-hybridized carbons (Fsp3) is 0.750. The van der Waals surface area contributed by atoms with Crippen LogP contribution in [-0.4, -0.2) is 29.2 Å². The van der Waals surface area contributed by atoms with Gasteiger partial charge in [-0.1, -0.05) is 6.92 Å². The molecule has 0 unspecified atom stereocenters. The van der Waals surface area contributed by atoms with E-state index in [1.165, 1.54) is 0 Å². The van der Waals surface area contributed by atoms with Gasteiger partial charge in [-0.3, -0.25) is 0 Å². The second-order valence-corrected chi connectivity index (χ2v) is 4.22. The maximum Gasteiger partial charge on any atom is 0.226 e. The third-order valence-corrected chi connectivity index (χ3v) is 2.58. The Morgan fingerprint density at radius 2 is 2.31 bits per heavy atom. The molecule has 0 amide bonds. The summed E-state index contributed by atoms with van der Waals surface area (Å²) in [6, 6.07) is 0. The first-order valence-electron chi connectivity index (χ1n) is 4.12. The van der Waals surface area contributed by atoms with Crippen LogP contribution in [0.5, 0.6) is 0 Å². The minimum absolute atomic E-state index is 0.456. The molecule has 1 heterocycles. The smallest absolute Gasteiger partial charge is 0.226 e. The van der Waals surface area contributed by atoms with Crippen LogP contribution in [0.2, 0.25) is 0 Å². The molecule has 0 radical (unpaired) electrons. The summed E-state index contributed by atoms with van der Waals surface area (Å²) in [6.45, 7) is 4.65. The van der Waals surface area contributed by atoms with Crippen molar-refractivity contribution in [3.05, 3.63) is 11.8 Å². The Balaban J connectivity index is 2.26. The summed E-state index contributed by atoms with van der Waals surface area (Å²) in [6.07, 6.45) is 0. The third-order valence-electron chi connectivity index (χ3n) is 1.46. The van der Waals surface area contributed by atoms with Crippen molar-refractivity contribution < 1.29 is 9.15 Å². The van der Waals surface area contributed by atoms with Crippen molar-refractivity contribution in [3.8, 4) is 0 Å². The Kier molecular flexibility index (Phi) is 4.24. The first kappa shape index (κ1) is 10.5. The molecule has 0 saturated heterocycles. The van der Waals surface area contributed by atoms with E-state index in [0.717, 1.165) is 12.4 Å². The number of hydrogen-bond donors (Lipinski definition) is 0. The summed E-state index contributed by atoms with van der Waals surface area (Å²) >= 11 is 1.75. The standard InChI is InChI=1S/C8H14N2O2S/c1-6(4-11-3)13-5-8-10-9-7(2)12-8/h6H,4-5H2,1-3H3/t6-/m1/s1. The highest BCUT2D eigenvalue weighted by molar-refractivity contribution is 7.99. The number of aromatic nitrogens is 2. The Bertz CT molecular complexity index is 252. The van der Waals surface area contributed by atoms with Gasteiger partial charge in [0.05, 0.1) is 12.4 Å². The van der Waals surface area contributed by atoms with Gasteiger partial charge >= 0.3 is 0 Å². The fourth-order valence-electron chi connectivity index (χ4n) is 0.892. The third kappa shape index (κ3) is 3.78. The van der Waals surface area contributed by atoms with E-state index >= 15 is 0 Å². The van der Waals surface area contributed by atoms with Gasteiger partial charge in [0, 0.05) is 19.3 Å². The number of methoxy groups -OCH3 is 1. The molecule has 0 aliphatic carbocycles. The number of ether oxygens (including phenoxy) is 1. The molecule has 0 fully saturated rings. The van der Waals surface area contributed by atoms with Gasteiger partial charge in [0.15, 0.2) is 0 Å². The predicted octanol–water partition coefficient (Wildman–Crippen LogP) is 1.65. The Morgan fingerprint density at radius 3 is 2.85 bits per heavy atom. The molecule has 0 N–H and O–H groups in total. The molecule has 1 aromatic rings. The van der Waals surface area contributed by atoms with Crippen LogP contribution in [0.4, 0.5) is 0 Å². The lowest BCUT2D eigenvalue weighted by Gasteiger charge is -2.06. The number of rotatable bonds is 5. The molecule has 0 saturated carbocycles. The molecule has 74 valence electrons. The summed E-state index contributed by atoms with van der Waals surface area (Å²) in [5.74, 6) is 2.06. The molecule has 5 heteroatoms. The van der Waals surface area contributed by atoms with E-state index in [-0.39, 0.29) is 0 Å². The van der Waals surface area contributed by atoms with Crippen molar-refractivity contribution in [2.75, 3.05) is 13.7 Å². The molecular weight excluding hydrogens is 188 g/mol. The molecule has 0 bridgehead atoms. The lowest BCUT2D eigenvalue weighted by molar-refractivity contribution is 0.203. The van der Waals surface area contributed by atoms with E-state index in [9.17, 15) is 0 Å². The van der Waals surface area contributed by atoms with Crippen molar-refractivity contribution in [1.82, 2.24) is 10.2 Å². The van der Waals surface area contributed by atoms with Crippen molar-refractivity contribution in [3.63, 3.8) is 0 Å². The first-order chi connectivity index (χ1) is 6.22. The summed E-state index contributed by atoms with van der Waals surface area (Å²) in [5.41, 5.74) is 0. The van der Waals surface area contributed by atoms with E-state index in [0.29, 0.717) is 17.0 Å². The summed E-state index contributed by atoms with van der Waals surface area (Å²) in [4.78, 5) is 0. The van der Waals surface area contributed by atoms with Gasteiger partial charge in [-0.2, -0.15) is 0 Å². The zero-order chi connectivity index (χ0) is 9.68. The van der Waals surface area contributed by atoms with Gasteiger partial charge in [0.1, 0.15) is 0 Å². The number of thioether (sulfide) groups is 1. The molecular formula is C8H14N2O2S. The molecule has 1 aromatic heterocycles. The molecule has 0 aliphatic heterocycles. The van der Waals surface area contributed by atoms with Crippen LogP contribution in [0.3, 0.4) is 0 Å². The average Bonchev–Trinajstić information content (AvgIpc) is 2.49. The van der Waals surface area contributed by atoms with Crippen molar-refractivity contribution in [2.24, 2.45) is 0 Å². The van der Waals surface area contributed by atoms with Gasteiger partial charge < -0.3 is 9.15 Å². The maximum absolute atomic E-state index is 5.23. The van der Waals surface area contributed by atoms with Crippen LogP contribution in [0.25, 0.3) is 0 Å². The van der Waals surface area contributed by atoms with Crippen molar-refractivity contribution in [1.29, 1.82) is 0 Å². The van der Waals surface area contributed by atoms with Gasteiger partial charge in [-0.05, 0) is 0 Å². The van der Waals surface area contributed by atoms with Crippen LogP contribution in [0.1, 0.15) is 18.7 Å². The van der Waals surface area contributed by atoms with Gasteiger partial charge in [0.2, 0.25) is 11.8 Å². The number of aryl methyl sites for hydroxylation is 1. The van der Waals surface area contributed by atoms with Crippen LogP contribution < -0.4 is 0 Å². The lowest BCUT2D eigenvalue weighted by Crippen LogP contribution is -2.05. The predicted molar refractivity (Wildman–Crippen MR) is 51.7 cm³/mol. The summed E-state index contributed by atoms with van der Waals surface area (Å²) in [7, 11) is 1.70. The molecule has 1 rings (SSSR count). The minimum Gasteiger partial charge on any atom is -0.425 e. The van der Waals surface area contributed by atoms with E-state index in [4.69, 9.17) is 9.15 Å². The van der Waals surface area contributed by atoms with E-state index in [1.807, 2.05) is 0 Å². The van der Waals surface area contributed by atoms with Crippen molar-refractivity contribution >= 4 is 11.8 Å². The highest BCUT2D eigenvalue weighted by Gasteiger charge is 2.06. The summed E-state index contributed by atoms with van der Waals surface area (Å²) in [5, 5.41) is 8.10. The zero-order valence-corrected chi connectivity index (χ0v) is 8.93. The largest absolute Gasteiger partial charge is 0.425 e. The van der Waals surface area contributed by atoms with E-state index < -0.39 is 0 Å². The molecule has 0 aliphatic rings. The highest BCUT2D eigenvalue weighted by atomic mass is 32.2. The lowest BCUT2D eigenvalue weighted by atomic mass is 10.5. The Labute approximate surface area is 82.1 Å². The van der Waals surface area contributed by atoms with E-state index in [2.05, 4.69) is 17.1 Å². The summed E-state index contributed by atoms with van der Waals surface area (Å²) < 4.78 is 10.2. The SMILES string of the molecule is COC[C@@H](C)SCc1nnc(C)o1. The van der Waals surface area contributed by atoms with E-state index in [1.54, 1.807) is 25.8 Å². The molecule has 1 atom stereocenters. The molecule has 0 spiro atoms. The number of hydrogen-bond acceptors (Lipinski definition) is 5. The first-order valence-corrected chi connectivity index (χ1v) is 5.16. The van der Waals surface area contributed by atoms with Gasteiger partial charge in [-0.15, -0.1) is 22.0 Å². The highest BCUT2D eigenvalue weighted by Crippen LogP contribution is 2.16. The fourth-order valence-corrected chi connectivity index (χ4v) is 1.67. The monoisotopic (exact) mass is 202 g/mol. The zero-order valence-electron chi connectivity index (χ0n) is 8.11. The van der Waals surface area contributed by atoms with Crippen LogP contribution in [0.15, 0.2) is 4.42 Å². The van der Waals surface area contributed by atoms with Crippen molar-refractivity contribution in [2.45, 2.75) is 24.9 Å².